The van der Waals surface area contributed by atoms with Crippen molar-refractivity contribution in [2.24, 2.45) is 11.5 Å². The average Bonchev–Trinajstić information content (AvgIpc) is 2.72. The molecule has 0 radical (unpaired) electrons. The maximum absolute atomic E-state index is 7.50. The maximum Gasteiger partial charge on any atom is 0.186 e. The molecule has 0 aromatic heterocycles. The van der Waals surface area contributed by atoms with Crippen LogP contribution in [-0.4, -0.2) is 42.5 Å². The lowest BCUT2D eigenvalue weighted by molar-refractivity contribution is -0.0183. The molecule has 1 fully saturated rings. The van der Waals surface area contributed by atoms with Crippen LogP contribution in [0.3, 0.4) is 0 Å². The van der Waals surface area contributed by atoms with Crippen molar-refractivity contribution in [3.63, 3.8) is 0 Å². The highest BCUT2D eigenvalue weighted by Gasteiger charge is 2.23. The molecule has 0 bridgehead atoms. The van der Waals surface area contributed by atoms with Crippen molar-refractivity contribution in [2.75, 3.05) is 19.7 Å². The van der Waals surface area contributed by atoms with Crippen molar-refractivity contribution in [3.8, 4) is 11.5 Å². The van der Waals surface area contributed by atoms with Crippen LogP contribution in [0.25, 0.3) is 0 Å². The third-order valence-electron chi connectivity index (χ3n) is 4.79. The Morgan fingerprint density at radius 3 is 1.82 bits per heavy atom. The van der Waals surface area contributed by atoms with Gasteiger partial charge in [-0.2, -0.15) is 0 Å². The summed E-state index contributed by atoms with van der Waals surface area (Å²) in [7, 11) is 0. The Labute approximate surface area is 165 Å². The zero-order valence-corrected chi connectivity index (χ0v) is 15.9. The topological polar surface area (TPSA) is 121 Å². The Balaban J connectivity index is 1.67. The van der Waals surface area contributed by atoms with Gasteiger partial charge in [0.2, 0.25) is 0 Å². The molecule has 1 atom stereocenters. The van der Waals surface area contributed by atoms with Gasteiger partial charge in [-0.3, -0.25) is 15.7 Å². The van der Waals surface area contributed by atoms with Crippen LogP contribution >= 0.6 is 0 Å². The molecule has 3 rings (SSSR count). The fourth-order valence-corrected chi connectivity index (χ4v) is 3.19. The summed E-state index contributed by atoms with van der Waals surface area (Å²) in [4.78, 5) is 2.30. The smallest absolute Gasteiger partial charge is 0.186 e. The summed E-state index contributed by atoms with van der Waals surface area (Å²) in [5, 5.41) is 15.0. The van der Waals surface area contributed by atoms with E-state index in [9.17, 15) is 0 Å². The van der Waals surface area contributed by atoms with Gasteiger partial charge in [-0.25, -0.2) is 0 Å². The zero-order chi connectivity index (χ0) is 19.9. The lowest BCUT2D eigenvalue weighted by Crippen LogP contribution is -2.46. The Bertz CT molecular complexity index is 799. The molecule has 0 amide bonds. The van der Waals surface area contributed by atoms with Crippen molar-refractivity contribution >= 4 is 11.7 Å². The van der Waals surface area contributed by atoms with Crippen molar-refractivity contribution in [1.29, 1.82) is 10.8 Å². The molecule has 0 saturated carbocycles. The van der Waals surface area contributed by atoms with Crippen molar-refractivity contribution in [3.05, 3.63) is 59.7 Å². The average molecular weight is 381 g/mol. The minimum absolute atomic E-state index is 0.0371. The number of hydrogen-bond donors (Lipinski definition) is 4. The highest BCUT2D eigenvalue weighted by Crippen LogP contribution is 2.20. The number of piperidine rings is 1. The fourth-order valence-electron chi connectivity index (χ4n) is 3.19. The minimum Gasteiger partial charge on any atom is -0.488 e. The molecule has 0 spiro atoms. The summed E-state index contributed by atoms with van der Waals surface area (Å²) >= 11 is 0. The molecule has 2 aromatic rings. The lowest BCUT2D eigenvalue weighted by Gasteiger charge is -2.34. The van der Waals surface area contributed by atoms with Crippen LogP contribution < -0.4 is 20.9 Å². The summed E-state index contributed by atoms with van der Waals surface area (Å²) in [6.45, 7) is 2.33. The molecule has 1 saturated heterocycles. The second-order valence-corrected chi connectivity index (χ2v) is 6.86. The number of nitrogens with one attached hydrogen (secondary N) is 2. The van der Waals surface area contributed by atoms with E-state index in [0.717, 1.165) is 31.7 Å². The van der Waals surface area contributed by atoms with Crippen LogP contribution in [0.1, 0.15) is 30.4 Å². The number of nitrogens with zero attached hydrogens (tertiary/aromatic N) is 1. The van der Waals surface area contributed by atoms with E-state index in [1.54, 1.807) is 24.3 Å². The quantitative estimate of drug-likeness (QED) is 0.413. The summed E-state index contributed by atoms with van der Waals surface area (Å²) < 4.78 is 12.2. The molecular formula is C21H27N5O2. The first-order valence-corrected chi connectivity index (χ1v) is 9.45. The van der Waals surface area contributed by atoms with Gasteiger partial charge < -0.3 is 20.9 Å². The number of hydrogen-bond acceptors (Lipinski definition) is 5. The first-order valence-electron chi connectivity index (χ1n) is 9.45. The van der Waals surface area contributed by atoms with E-state index in [0.29, 0.717) is 23.5 Å². The Morgan fingerprint density at radius 1 is 0.821 bits per heavy atom. The van der Waals surface area contributed by atoms with Crippen molar-refractivity contribution < 1.29 is 9.47 Å². The number of benzene rings is 2. The van der Waals surface area contributed by atoms with Crippen LogP contribution in [0.15, 0.2) is 48.5 Å². The van der Waals surface area contributed by atoms with Gasteiger partial charge in [0.05, 0.1) is 0 Å². The number of nitrogen functional groups attached to an aromatic ring is 2. The van der Waals surface area contributed by atoms with Crippen molar-refractivity contribution in [1.82, 2.24) is 4.90 Å². The van der Waals surface area contributed by atoms with E-state index < -0.39 is 0 Å². The standard InChI is InChI=1S/C21H27N5O2/c22-20(23)15-4-8-17(9-5-15)27-14-19(26-12-2-1-3-13-26)28-18-10-6-16(7-11-18)21(24)25/h4-11,19H,1-3,12-14H2,(H3,22,23)(H3,24,25). The largest absolute Gasteiger partial charge is 0.488 e. The number of ether oxygens (including phenoxy) is 2. The van der Waals surface area contributed by atoms with Gasteiger partial charge in [-0.1, -0.05) is 6.42 Å². The molecule has 7 heteroatoms. The van der Waals surface area contributed by atoms with Crippen molar-refractivity contribution in [2.45, 2.75) is 25.5 Å². The molecule has 2 aromatic carbocycles. The normalized spacial score (nSPS) is 15.6. The van der Waals surface area contributed by atoms with Gasteiger partial charge in [0, 0.05) is 24.2 Å². The summed E-state index contributed by atoms with van der Waals surface area (Å²) in [5.74, 6) is 1.50. The molecular weight excluding hydrogens is 354 g/mol. The molecule has 1 aliphatic heterocycles. The predicted octanol–water partition coefficient (Wildman–Crippen LogP) is 2.52. The second kappa shape index (κ2) is 9.23. The predicted molar refractivity (Wildman–Crippen MR) is 110 cm³/mol. The summed E-state index contributed by atoms with van der Waals surface area (Å²) in [6.07, 6.45) is 3.33. The Hall–Kier alpha value is -3.06. The van der Waals surface area contributed by atoms with E-state index in [4.69, 9.17) is 31.8 Å². The Morgan fingerprint density at radius 2 is 1.32 bits per heavy atom. The number of nitrogens with two attached hydrogens (primary N) is 2. The molecule has 148 valence electrons. The maximum atomic E-state index is 7.50. The lowest BCUT2D eigenvalue weighted by atomic mass is 10.1. The van der Waals surface area contributed by atoms with Crippen LogP contribution in [0.2, 0.25) is 0 Å². The molecule has 7 nitrogen and oxygen atoms in total. The van der Waals surface area contributed by atoms with Gasteiger partial charge >= 0.3 is 0 Å². The monoisotopic (exact) mass is 381 g/mol. The zero-order valence-electron chi connectivity index (χ0n) is 15.9. The first kappa shape index (κ1) is 19.7. The van der Waals surface area contributed by atoms with E-state index >= 15 is 0 Å². The van der Waals surface area contributed by atoms with Gasteiger partial charge in [-0.15, -0.1) is 0 Å². The Kier molecular flexibility index (Phi) is 6.49. The molecule has 1 heterocycles. The molecule has 1 aliphatic rings. The molecule has 1 unspecified atom stereocenters. The SMILES string of the molecule is N=C(N)c1ccc(OCC(Oc2ccc(C(=N)N)cc2)N2CCCCC2)cc1. The van der Waals surface area contributed by atoms with Gasteiger partial charge in [-0.05, 0) is 61.4 Å². The van der Waals surface area contributed by atoms with E-state index in [-0.39, 0.29) is 17.9 Å². The van der Waals surface area contributed by atoms with Crippen LogP contribution in [0.4, 0.5) is 0 Å². The third-order valence-corrected chi connectivity index (χ3v) is 4.79. The molecule has 28 heavy (non-hydrogen) atoms. The number of amidine groups is 2. The van der Waals surface area contributed by atoms with Gasteiger partial charge in [0.25, 0.3) is 0 Å². The van der Waals surface area contributed by atoms with E-state index in [2.05, 4.69) is 4.90 Å². The minimum atomic E-state index is -0.212. The summed E-state index contributed by atoms with van der Waals surface area (Å²) in [6, 6.07) is 14.4. The molecule has 0 aliphatic carbocycles. The highest BCUT2D eigenvalue weighted by atomic mass is 16.5. The molecule has 6 N–H and O–H groups in total. The first-order chi connectivity index (χ1) is 13.5. The third kappa shape index (κ3) is 5.23. The van der Waals surface area contributed by atoms with E-state index in [1.165, 1.54) is 6.42 Å². The van der Waals surface area contributed by atoms with Gasteiger partial charge in [0.1, 0.15) is 29.8 Å². The second-order valence-electron chi connectivity index (χ2n) is 6.86. The van der Waals surface area contributed by atoms with Crippen LogP contribution in [-0.2, 0) is 0 Å². The van der Waals surface area contributed by atoms with Crippen LogP contribution in [0.5, 0.6) is 11.5 Å². The van der Waals surface area contributed by atoms with Gasteiger partial charge in [0.15, 0.2) is 6.23 Å². The van der Waals surface area contributed by atoms with E-state index in [1.807, 2.05) is 24.3 Å². The number of rotatable bonds is 8. The number of likely N-dealkylation sites (tertiary alicyclic amines) is 1. The summed E-state index contributed by atoms with van der Waals surface area (Å²) in [5.41, 5.74) is 12.3. The highest BCUT2D eigenvalue weighted by molar-refractivity contribution is 5.95. The fraction of sp³-hybridized carbons (Fsp3) is 0.333. The van der Waals surface area contributed by atoms with Crippen LogP contribution in [0, 0.1) is 10.8 Å².